The first-order valence-electron chi connectivity index (χ1n) is 5.40. The molecule has 0 fully saturated rings. The van der Waals surface area contributed by atoms with E-state index in [0.717, 1.165) is 11.3 Å². The lowest BCUT2D eigenvalue weighted by Crippen LogP contribution is -2.01. The third-order valence-corrected chi connectivity index (χ3v) is 3.12. The Balaban J connectivity index is 2.16. The maximum Gasteiger partial charge on any atom is 0.152 e. The maximum absolute atomic E-state index is 9.78. The fourth-order valence-electron chi connectivity index (χ4n) is 1.57. The van der Waals surface area contributed by atoms with E-state index in [-0.39, 0.29) is 5.75 Å². The number of nitrogens with one attached hydrogen (secondary N) is 1. The summed E-state index contributed by atoms with van der Waals surface area (Å²) in [5.41, 5.74) is 2.45. The van der Waals surface area contributed by atoms with Gasteiger partial charge in [-0.3, -0.25) is 0 Å². The second-order valence-corrected chi connectivity index (χ2v) is 4.72. The first-order valence-corrected chi connectivity index (χ1v) is 6.16. The zero-order valence-corrected chi connectivity index (χ0v) is 11.3. The molecule has 0 saturated carbocycles. The van der Waals surface area contributed by atoms with Gasteiger partial charge < -0.3 is 10.4 Å². The number of anilines is 1. The van der Waals surface area contributed by atoms with E-state index in [0.29, 0.717) is 22.3 Å². The zero-order valence-electron chi connectivity index (χ0n) is 9.74. The highest BCUT2D eigenvalue weighted by Crippen LogP contribution is 2.28. The standard InChI is InChI=1S/C13H12Cl2N2O/c1-8-5-11(13(15)17-6-8)16-7-9-3-2-4-10(14)12(9)18/h2-6,16,18H,7H2,1H3. The third kappa shape index (κ3) is 2.86. The molecule has 0 aliphatic rings. The number of halogens is 2. The molecule has 2 rings (SSSR count). The Kier molecular flexibility index (Phi) is 3.94. The van der Waals surface area contributed by atoms with Crippen molar-refractivity contribution in [2.45, 2.75) is 13.5 Å². The molecular weight excluding hydrogens is 271 g/mol. The number of phenols is 1. The van der Waals surface area contributed by atoms with Crippen LogP contribution in [0.5, 0.6) is 5.75 Å². The van der Waals surface area contributed by atoms with Crippen LogP contribution in [0, 0.1) is 6.92 Å². The molecule has 0 unspecified atom stereocenters. The van der Waals surface area contributed by atoms with E-state index in [1.54, 1.807) is 24.4 Å². The molecule has 0 radical (unpaired) electrons. The molecule has 0 atom stereocenters. The second-order valence-electron chi connectivity index (χ2n) is 3.95. The highest BCUT2D eigenvalue weighted by Gasteiger charge is 2.06. The van der Waals surface area contributed by atoms with Crippen molar-refractivity contribution in [3.63, 3.8) is 0 Å². The molecule has 3 nitrogen and oxygen atoms in total. The SMILES string of the molecule is Cc1cnc(Cl)c(NCc2cccc(Cl)c2O)c1. The van der Waals surface area contributed by atoms with Gasteiger partial charge in [0.05, 0.1) is 10.7 Å². The monoisotopic (exact) mass is 282 g/mol. The smallest absolute Gasteiger partial charge is 0.152 e. The highest BCUT2D eigenvalue weighted by atomic mass is 35.5. The summed E-state index contributed by atoms with van der Waals surface area (Å²) >= 11 is 11.8. The summed E-state index contributed by atoms with van der Waals surface area (Å²) in [6.07, 6.45) is 1.70. The molecule has 18 heavy (non-hydrogen) atoms. The average Bonchev–Trinajstić information content (AvgIpc) is 2.35. The van der Waals surface area contributed by atoms with E-state index in [1.165, 1.54) is 0 Å². The molecule has 1 aromatic heterocycles. The van der Waals surface area contributed by atoms with Crippen molar-refractivity contribution in [1.82, 2.24) is 4.98 Å². The van der Waals surface area contributed by atoms with Gasteiger partial charge in [0, 0.05) is 18.3 Å². The third-order valence-electron chi connectivity index (χ3n) is 2.52. The number of nitrogens with zero attached hydrogens (tertiary/aromatic N) is 1. The summed E-state index contributed by atoms with van der Waals surface area (Å²) in [6.45, 7) is 2.36. The van der Waals surface area contributed by atoms with Gasteiger partial charge in [-0.25, -0.2) is 4.98 Å². The fraction of sp³-hybridized carbons (Fsp3) is 0.154. The molecule has 0 saturated heterocycles. The van der Waals surface area contributed by atoms with Crippen molar-refractivity contribution < 1.29 is 5.11 Å². The van der Waals surface area contributed by atoms with Crippen LogP contribution in [0.3, 0.4) is 0 Å². The predicted octanol–water partition coefficient (Wildman–Crippen LogP) is 4.01. The number of para-hydroxylation sites is 1. The van der Waals surface area contributed by atoms with E-state index in [4.69, 9.17) is 23.2 Å². The van der Waals surface area contributed by atoms with Crippen molar-refractivity contribution >= 4 is 28.9 Å². The molecule has 0 bridgehead atoms. The Morgan fingerprint density at radius 1 is 1.33 bits per heavy atom. The summed E-state index contributed by atoms with van der Waals surface area (Å²) in [4.78, 5) is 4.05. The van der Waals surface area contributed by atoms with Crippen LogP contribution in [0.1, 0.15) is 11.1 Å². The van der Waals surface area contributed by atoms with Crippen LogP contribution in [0.15, 0.2) is 30.5 Å². The minimum absolute atomic E-state index is 0.0865. The fourth-order valence-corrected chi connectivity index (χ4v) is 1.93. The van der Waals surface area contributed by atoms with Crippen LogP contribution < -0.4 is 5.32 Å². The quantitative estimate of drug-likeness (QED) is 0.836. The molecule has 1 aromatic carbocycles. The van der Waals surface area contributed by atoms with Gasteiger partial charge in [-0.15, -0.1) is 0 Å². The molecular formula is C13H12Cl2N2O. The normalized spacial score (nSPS) is 10.4. The Morgan fingerprint density at radius 3 is 2.89 bits per heavy atom. The van der Waals surface area contributed by atoms with Gasteiger partial charge in [0.15, 0.2) is 5.15 Å². The first kappa shape index (κ1) is 13.0. The van der Waals surface area contributed by atoms with Gasteiger partial charge >= 0.3 is 0 Å². The summed E-state index contributed by atoms with van der Waals surface area (Å²) in [7, 11) is 0. The number of hydrogen-bond donors (Lipinski definition) is 2. The molecule has 94 valence electrons. The van der Waals surface area contributed by atoms with E-state index < -0.39 is 0 Å². The van der Waals surface area contributed by atoms with Gasteiger partial charge in [0.1, 0.15) is 5.75 Å². The van der Waals surface area contributed by atoms with Crippen molar-refractivity contribution in [3.05, 3.63) is 51.8 Å². The zero-order chi connectivity index (χ0) is 13.1. The van der Waals surface area contributed by atoms with Crippen LogP contribution in [0.2, 0.25) is 10.2 Å². The lowest BCUT2D eigenvalue weighted by Gasteiger charge is -2.10. The number of aromatic hydroxyl groups is 1. The number of phenolic OH excluding ortho intramolecular Hbond substituents is 1. The van der Waals surface area contributed by atoms with E-state index in [2.05, 4.69) is 10.3 Å². The van der Waals surface area contributed by atoms with Crippen LogP contribution >= 0.6 is 23.2 Å². The number of pyridine rings is 1. The number of hydrogen-bond acceptors (Lipinski definition) is 3. The van der Waals surface area contributed by atoms with Crippen molar-refractivity contribution in [3.8, 4) is 5.75 Å². The largest absolute Gasteiger partial charge is 0.506 e. The number of aromatic nitrogens is 1. The molecule has 1 heterocycles. The lowest BCUT2D eigenvalue weighted by molar-refractivity contribution is 0.469. The molecule has 0 aliphatic carbocycles. The molecule has 5 heteroatoms. The maximum atomic E-state index is 9.78. The van der Waals surface area contributed by atoms with Gasteiger partial charge in [0.2, 0.25) is 0 Å². The van der Waals surface area contributed by atoms with E-state index in [9.17, 15) is 5.11 Å². The van der Waals surface area contributed by atoms with Crippen LogP contribution in [0.4, 0.5) is 5.69 Å². The Bertz CT molecular complexity index is 571. The van der Waals surface area contributed by atoms with Gasteiger partial charge in [-0.1, -0.05) is 35.3 Å². The van der Waals surface area contributed by atoms with Crippen molar-refractivity contribution in [2.24, 2.45) is 0 Å². The molecule has 0 aliphatic heterocycles. The van der Waals surface area contributed by atoms with Crippen LogP contribution in [0.25, 0.3) is 0 Å². The van der Waals surface area contributed by atoms with Gasteiger partial charge in [0.25, 0.3) is 0 Å². The summed E-state index contributed by atoms with van der Waals surface area (Å²) in [6, 6.07) is 7.12. The molecule has 2 N–H and O–H groups in total. The topological polar surface area (TPSA) is 45.2 Å². The Hall–Kier alpha value is -1.45. The minimum Gasteiger partial charge on any atom is -0.506 e. The number of aryl methyl sites for hydroxylation is 1. The lowest BCUT2D eigenvalue weighted by atomic mass is 10.2. The minimum atomic E-state index is 0.0865. The number of rotatable bonds is 3. The van der Waals surface area contributed by atoms with Crippen LogP contribution in [-0.4, -0.2) is 10.1 Å². The Morgan fingerprint density at radius 2 is 2.11 bits per heavy atom. The van der Waals surface area contributed by atoms with E-state index in [1.807, 2.05) is 13.0 Å². The predicted molar refractivity (Wildman–Crippen MR) is 74.4 cm³/mol. The molecule has 0 amide bonds. The summed E-state index contributed by atoms with van der Waals surface area (Å²) in [5, 5.41) is 13.6. The van der Waals surface area contributed by atoms with Crippen molar-refractivity contribution in [1.29, 1.82) is 0 Å². The number of benzene rings is 1. The average molecular weight is 283 g/mol. The van der Waals surface area contributed by atoms with Crippen LogP contribution in [-0.2, 0) is 6.54 Å². The van der Waals surface area contributed by atoms with E-state index >= 15 is 0 Å². The Labute approximate surface area is 115 Å². The van der Waals surface area contributed by atoms with Gasteiger partial charge in [-0.05, 0) is 24.6 Å². The second kappa shape index (κ2) is 5.46. The van der Waals surface area contributed by atoms with Gasteiger partial charge in [-0.2, -0.15) is 0 Å². The first-order chi connectivity index (χ1) is 8.58. The highest BCUT2D eigenvalue weighted by molar-refractivity contribution is 6.32. The van der Waals surface area contributed by atoms with Crippen molar-refractivity contribution in [2.75, 3.05) is 5.32 Å². The summed E-state index contributed by atoms with van der Waals surface area (Å²) in [5.74, 6) is 0.0865. The summed E-state index contributed by atoms with van der Waals surface area (Å²) < 4.78 is 0. The molecule has 0 spiro atoms. The molecule has 2 aromatic rings.